The van der Waals surface area contributed by atoms with Gasteiger partial charge in [-0.2, -0.15) is 7.80 Å². The lowest BCUT2D eigenvalue weighted by atomic mass is 10.2. The summed E-state index contributed by atoms with van der Waals surface area (Å²) in [5, 5.41) is 0. The summed E-state index contributed by atoms with van der Waals surface area (Å²) in [6.45, 7) is 8.17. The van der Waals surface area contributed by atoms with Crippen molar-refractivity contribution in [2.75, 3.05) is 13.3 Å². The van der Waals surface area contributed by atoms with Crippen molar-refractivity contribution in [3.05, 3.63) is 0 Å². The molecule has 0 bridgehead atoms. The van der Waals surface area contributed by atoms with E-state index in [-0.39, 0.29) is 0 Å². The molecule has 0 amide bonds. The largest absolute Gasteiger partial charge is 0.151 e. The van der Waals surface area contributed by atoms with Crippen LogP contribution in [0.25, 0.3) is 0 Å². The summed E-state index contributed by atoms with van der Waals surface area (Å²) in [5.74, 6) is 0. The summed E-state index contributed by atoms with van der Waals surface area (Å²) >= 11 is 0. The highest BCUT2D eigenvalue weighted by atomic mass is 31.1. The van der Waals surface area contributed by atoms with Gasteiger partial charge in [-0.1, -0.05) is 20.2 Å². The number of rotatable bonds is 1. The number of hydrogen-bond acceptors (Lipinski definition) is 0. The van der Waals surface area contributed by atoms with E-state index < -0.39 is 0 Å². The van der Waals surface area contributed by atoms with Crippen LogP contribution in [0.1, 0.15) is 0 Å². The summed E-state index contributed by atoms with van der Waals surface area (Å²) in [5.41, 5.74) is 0. The molecule has 0 spiro atoms. The van der Waals surface area contributed by atoms with E-state index in [2.05, 4.69) is 20.2 Å². The second-order valence-electron chi connectivity index (χ2n) is 1.40. The van der Waals surface area contributed by atoms with Gasteiger partial charge in [-0.05, 0) is 0 Å². The lowest BCUT2D eigenvalue weighted by Crippen LogP contribution is -1.71. The minimum absolute atomic E-state index is 0.402. The highest BCUT2D eigenvalue weighted by molar-refractivity contribution is 7.84. The van der Waals surface area contributed by atoms with E-state index in [0.29, 0.717) is 7.80 Å². The monoisotopic (exact) mass is 88.1 g/mol. The van der Waals surface area contributed by atoms with Crippen molar-refractivity contribution in [3.8, 4) is 0 Å². The van der Waals surface area contributed by atoms with Gasteiger partial charge in [0, 0.05) is 0 Å². The van der Waals surface area contributed by atoms with E-state index in [9.17, 15) is 0 Å². The number of hydrogen-bond donors (Lipinski definition) is 0. The highest BCUT2D eigenvalue weighted by Gasteiger charge is 1.81. The van der Waals surface area contributed by atoms with Crippen molar-refractivity contribution in [2.24, 2.45) is 0 Å². The van der Waals surface area contributed by atoms with Gasteiger partial charge in [0.2, 0.25) is 0 Å². The Balaban J connectivity index is 2.54. The summed E-state index contributed by atoms with van der Waals surface area (Å²) in [6, 6.07) is 0. The molecule has 0 heterocycles. The Morgan fingerprint density at radius 3 is 1.60 bits per heavy atom. The molecule has 0 aromatic rings. The molecule has 0 aromatic heterocycles. The fourth-order valence-corrected chi connectivity index (χ4v) is 0. The van der Waals surface area contributed by atoms with Crippen LogP contribution in [-0.2, 0) is 0 Å². The first-order chi connectivity index (χ1) is 2.27. The predicted molar refractivity (Wildman–Crippen MR) is 31.8 cm³/mol. The fourth-order valence-electron chi connectivity index (χ4n) is 0. The lowest BCUT2D eigenvalue weighted by Gasteiger charge is -1.90. The molecule has 0 aliphatic heterocycles. The van der Waals surface area contributed by atoms with E-state index in [1.807, 2.05) is 0 Å². The Bertz CT molecular complexity index is 20.9. The van der Waals surface area contributed by atoms with E-state index in [0.717, 1.165) is 0 Å². The van der Waals surface area contributed by atoms with Crippen LogP contribution >= 0.6 is 7.80 Å². The summed E-state index contributed by atoms with van der Waals surface area (Å²) in [7, 11) is 0.402. The molecule has 0 atom stereocenters. The molecule has 0 aliphatic rings. The van der Waals surface area contributed by atoms with Gasteiger partial charge >= 0.3 is 0 Å². The Morgan fingerprint density at radius 2 is 1.60 bits per heavy atom. The van der Waals surface area contributed by atoms with Gasteiger partial charge in [-0.25, -0.2) is 0 Å². The van der Waals surface area contributed by atoms with Crippen LogP contribution in [-0.4, -0.2) is 20.3 Å². The van der Waals surface area contributed by atoms with Crippen molar-refractivity contribution >= 4 is 14.8 Å². The van der Waals surface area contributed by atoms with Crippen LogP contribution < -0.4 is 0 Å². The van der Waals surface area contributed by atoms with Gasteiger partial charge < -0.3 is 0 Å². The zero-order valence-electron chi connectivity index (χ0n) is 4.15. The van der Waals surface area contributed by atoms with Crippen LogP contribution in [0.5, 0.6) is 0 Å². The third-order valence-electron chi connectivity index (χ3n) is 0.632. The highest BCUT2D eigenvalue weighted by Crippen LogP contribution is 2.19. The average molecular weight is 87.9 g/mol. The first kappa shape index (κ1) is 5.49. The van der Waals surface area contributed by atoms with Crippen molar-refractivity contribution < 1.29 is 0 Å². The normalized spacial score (nSPS) is 8.80. The quantitative estimate of drug-likeness (QED) is 0.333. The minimum atomic E-state index is 0.402. The van der Waals surface area contributed by atoms with Gasteiger partial charge in [-0.15, -0.1) is 0 Å². The molecular formula is C3H10BP. The Labute approximate surface area is 35.9 Å². The molecule has 0 radical (unpaired) electrons. The maximum atomic E-state index is 2.29. The minimum Gasteiger partial charge on any atom is -0.151 e. The van der Waals surface area contributed by atoms with Crippen LogP contribution in [0.4, 0.5) is 0 Å². The van der Waals surface area contributed by atoms with Crippen molar-refractivity contribution in [2.45, 2.75) is 6.82 Å². The molecule has 0 aliphatic carbocycles. The van der Waals surface area contributed by atoms with E-state index in [4.69, 9.17) is 0 Å². The Morgan fingerprint density at radius 1 is 1.40 bits per heavy atom. The van der Waals surface area contributed by atoms with E-state index >= 15 is 0 Å². The molecule has 0 N–H and O–H groups in total. The Hall–Kier alpha value is 0.495. The predicted octanol–water partition coefficient (Wildman–Crippen LogP) is 1.13. The van der Waals surface area contributed by atoms with Crippen molar-refractivity contribution in [3.63, 3.8) is 0 Å². The van der Waals surface area contributed by atoms with E-state index in [1.54, 1.807) is 0 Å². The van der Waals surface area contributed by atoms with Crippen LogP contribution in [0.2, 0.25) is 6.82 Å². The smallest absolute Gasteiger partial charge is 0.148 e. The van der Waals surface area contributed by atoms with Gasteiger partial charge in [-0.3, -0.25) is 0 Å². The maximum Gasteiger partial charge on any atom is 0.148 e. The standard InChI is InChI=1S/C3H10BP/c1-4-5(2)3/h4H,1-3H3. The molecular weight excluding hydrogens is 77.8 g/mol. The van der Waals surface area contributed by atoms with E-state index in [1.165, 1.54) is 7.00 Å². The van der Waals surface area contributed by atoms with Crippen molar-refractivity contribution in [1.29, 1.82) is 0 Å². The maximum absolute atomic E-state index is 2.29. The molecule has 0 nitrogen and oxygen atoms in total. The summed E-state index contributed by atoms with van der Waals surface area (Å²) < 4.78 is 0. The first-order valence-electron chi connectivity index (χ1n) is 1.92. The van der Waals surface area contributed by atoms with Gasteiger partial charge in [0.05, 0.1) is 0 Å². The van der Waals surface area contributed by atoms with Gasteiger partial charge in [0.15, 0.2) is 0 Å². The summed E-state index contributed by atoms with van der Waals surface area (Å²) in [4.78, 5) is 0. The molecule has 0 fully saturated rings. The zero-order valence-corrected chi connectivity index (χ0v) is 5.05. The molecule has 0 unspecified atom stereocenters. The van der Waals surface area contributed by atoms with Gasteiger partial charge in [0.1, 0.15) is 7.00 Å². The topological polar surface area (TPSA) is 0 Å². The lowest BCUT2D eigenvalue weighted by molar-refractivity contribution is 2.24. The zero-order chi connectivity index (χ0) is 4.28. The SMILES string of the molecule is CBP(C)C. The van der Waals surface area contributed by atoms with Crippen LogP contribution in [0.3, 0.4) is 0 Å². The average Bonchev–Trinajstić information content (AvgIpc) is 1.38. The second kappa shape index (κ2) is 2.72. The van der Waals surface area contributed by atoms with Gasteiger partial charge in [0.25, 0.3) is 0 Å². The Kier molecular flexibility index (Phi) is 2.99. The molecule has 0 saturated carbocycles. The summed E-state index contributed by atoms with van der Waals surface area (Å²) in [6.07, 6.45) is 0. The third kappa shape index (κ3) is 4.49. The molecule has 30 valence electrons. The van der Waals surface area contributed by atoms with Crippen LogP contribution in [0, 0.1) is 0 Å². The molecule has 0 rings (SSSR count). The molecule has 2 heteroatoms. The fraction of sp³-hybridized carbons (Fsp3) is 1.00. The van der Waals surface area contributed by atoms with Crippen molar-refractivity contribution in [1.82, 2.24) is 0 Å². The third-order valence-corrected chi connectivity index (χ3v) is 1.90. The molecule has 5 heavy (non-hydrogen) atoms. The molecule has 0 saturated heterocycles. The molecule has 0 aromatic carbocycles. The first-order valence-corrected chi connectivity index (χ1v) is 4.34. The van der Waals surface area contributed by atoms with Crippen LogP contribution in [0.15, 0.2) is 0 Å². The second-order valence-corrected chi connectivity index (χ2v) is 4.19.